The number of phenols is 1. The van der Waals surface area contributed by atoms with Crippen molar-refractivity contribution in [3.05, 3.63) is 89.1 Å². The zero-order valence-corrected chi connectivity index (χ0v) is 15.6. The molecule has 3 aromatic rings. The van der Waals surface area contributed by atoms with E-state index < -0.39 is 0 Å². The van der Waals surface area contributed by atoms with E-state index in [1.54, 1.807) is 6.07 Å². The Balaban J connectivity index is 1.41. The molecule has 1 aromatic heterocycles. The Hall–Kier alpha value is -2.91. The Morgan fingerprint density at radius 3 is 2.67 bits per heavy atom. The molecular formula is C24H24N2O. The van der Waals surface area contributed by atoms with E-state index in [0.29, 0.717) is 5.52 Å². The fourth-order valence-electron chi connectivity index (χ4n) is 3.41. The normalized spacial score (nSPS) is 15.4. The summed E-state index contributed by atoms with van der Waals surface area (Å²) in [5.41, 5.74) is 5.54. The lowest BCUT2D eigenvalue weighted by Crippen LogP contribution is -2.28. The number of aromatic nitrogens is 1. The van der Waals surface area contributed by atoms with Gasteiger partial charge >= 0.3 is 0 Å². The van der Waals surface area contributed by atoms with Gasteiger partial charge in [0.05, 0.1) is 5.69 Å². The van der Waals surface area contributed by atoms with Gasteiger partial charge in [-0.1, -0.05) is 60.2 Å². The van der Waals surface area contributed by atoms with Gasteiger partial charge in [0, 0.05) is 25.0 Å². The van der Waals surface area contributed by atoms with Gasteiger partial charge in [-0.3, -0.25) is 4.90 Å². The van der Waals surface area contributed by atoms with Crippen molar-refractivity contribution < 1.29 is 5.11 Å². The first-order valence-electron chi connectivity index (χ1n) is 9.41. The highest BCUT2D eigenvalue weighted by molar-refractivity contribution is 5.85. The third kappa shape index (κ3) is 4.26. The number of fused-ring (bicyclic) bond motifs is 1. The number of allylic oxidation sites excluding steroid dienone is 1. The molecule has 27 heavy (non-hydrogen) atoms. The first kappa shape index (κ1) is 17.5. The summed E-state index contributed by atoms with van der Waals surface area (Å²) in [4.78, 5) is 7.03. The second-order valence-electron chi connectivity index (χ2n) is 7.17. The van der Waals surface area contributed by atoms with Crippen LogP contribution in [0.25, 0.3) is 17.0 Å². The minimum Gasteiger partial charge on any atom is -0.506 e. The van der Waals surface area contributed by atoms with E-state index in [1.807, 2.05) is 30.3 Å². The van der Waals surface area contributed by atoms with E-state index in [0.717, 1.165) is 37.1 Å². The summed E-state index contributed by atoms with van der Waals surface area (Å²) in [6, 6.07) is 18.3. The van der Waals surface area contributed by atoms with Crippen LogP contribution in [0, 0.1) is 6.92 Å². The average molecular weight is 356 g/mol. The summed E-state index contributed by atoms with van der Waals surface area (Å²) in [6.45, 7) is 5.16. The van der Waals surface area contributed by atoms with Crippen molar-refractivity contribution in [1.29, 1.82) is 0 Å². The van der Waals surface area contributed by atoms with E-state index in [2.05, 4.69) is 53.2 Å². The highest BCUT2D eigenvalue weighted by Crippen LogP contribution is 2.23. The molecule has 0 unspecified atom stereocenters. The minimum atomic E-state index is 0.228. The van der Waals surface area contributed by atoms with Crippen LogP contribution in [0.5, 0.6) is 5.75 Å². The molecule has 1 N–H and O–H groups in total. The van der Waals surface area contributed by atoms with Crippen LogP contribution in [0.4, 0.5) is 0 Å². The lowest BCUT2D eigenvalue weighted by molar-refractivity contribution is 0.287. The maximum absolute atomic E-state index is 9.97. The van der Waals surface area contributed by atoms with Gasteiger partial charge in [-0.2, -0.15) is 0 Å². The zero-order valence-electron chi connectivity index (χ0n) is 15.6. The number of hydrogen-bond acceptors (Lipinski definition) is 3. The molecule has 0 atom stereocenters. The Kier molecular flexibility index (Phi) is 5.03. The monoisotopic (exact) mass is 356 g/mol. The Morgan fingerprint density at radius 1 is 1.04 bits per heavy atom. The Bertz CT molecular complexity index is 1000. The standard InChI is InChI=1S/C24H24N2O/c1-18-5-7-20(8-6-18)17-26-15-13-19(14-16-26)9-11-22-12-10-21-3-2-4-23(27)24(21)25-22/h2-13,27H,14-17H2,1H3/b11-9+. The smallest absolute Gasteiger partial charge is 0.141 e. The van der Waals surface area contributed by atoms with Gasteiger partial charge in [0.25, 0.3) is 0 Å². The van der Waals surface area contributed by atoms with Crippen LogP contribution < -0.4 is 0 Å². The van der Waals surface area contributed by atoms with E-state index >= 15 is 0 Å². The predicted octanol–water partition coefficient (Wildman–Crippen LogP) is 5.09. The van der Waals surface area contributed by atoms with E-state index in [-0.39, 0.29) is 5.75 Å². The maximum atomic E-state index is 9.97. The highest BCUT2D eigenvalue weighted by atomic mass is 16.3. The van der Waals surface area contributed by atoms with Gasteiger partial charge in [-0.15, -0.1) is 0 Å². The summed E-state index contributed by atoms with van der Waals surface area (Å²) >= 11 is 0. The summed E-state index contributed by atoms with van der Waals surface area (Å²) in [6.07, 6.45) is 7.53. The maximum Gasteiger partial charge on any atom is 0.141 e. The summed E-state index contributed by atoms with van der Waals surface area (Å²) in [7, 11) is 0. The zero-order chi connectivity index (χ0) is 18.6. The molecule has 0 aliphatic carbocycles. The van der Waals surface area contributed by atoms with E-state index in [4.69, 9.17) is 0 Å². The number of phenolic OH excluding ortho intramolecular Hbond substituents is 1. The van der Waals surface area contributed by atoms with Crippen LogP contribution in [0.1, 0.15) is 23.2 Å². The van der Waals surface area contributed by atoms with Crippen molar-refractivity contribution in [1.82, 2.24) is 9.88 Å². The minimum absolute atomic E-state index is 0.228. The van der Waals surface area contributed by atoms with Gasteiger partial charge in [0.2, 0.25) is 0 Å². The molecule has 0 saturated carbocycles. The molecule has 0 radical (unpaired) electrons. The fourth-order valence-corrected chi connectivity index (χ4v) is 3.41. The molecule has 2 heterocycles. The predicted molar refractivity (Wildman–Crippen MR) is 112 cm³/mol. The van der Waals surface area contributed by atoms with Crippen LogP contribution in [0.15, 0.2) is 72.3 Å². The first-order valence-corrected chi connectivity index (χ1v) is 9.41. The molecule has 3 heteroatoms. The van der Waals surface area contributed by atoms with Crippen LogP contribution in [0.3, 0.4) is 0 Å². The van der Waals surface area contributed by atoms with Crippen LogP contribution >= 0.6 is 0 Å². The van der Waals surface area contributed by atoms with Crippen LogP contribution in [0.2, 0.25) is 0 Å². The molecule has 1 aliphatic rings. The van der Waals surface area contributed by atoms with Crippen molar-refractivity contribution in [2.45, 2.75) is 19.9 Å². The number of aryl methyl sites for hydroxylation is 1. The number of pyridine rings is 1. The van der Waals surface area contributed by atoms with Crippen molar-refractivity contribution in [3.8, 4) is 5.75 Å². The van der Waals surface area contributed by atoms with Crippen molar-refractivity contribution >= 4 is 17.0 Å². The SMILES string of the molecule is Cc1ccc(CN2CC=C(/C=C/c3ccc4cccc(O)c4n3)CC2)cc1. The largest absolute Gasteiger partial charge is 0.506 e. The first-order chi connectivity index (χ1) is 13.2. The van der Waals surface area contributed by atoms with Gasteiger partial charge in [0.1, 0.15) is 11.3 Å². The second-order valence-corrected chi connectivity index (χ2v) is 7.17. The highest BCUT2D eigenvalue weighted by Gasteiger charge is 2.10. The van der Waals surface area contributed by atoms with Crippen molar-refractivity contribution in [2.75, 3.05) is 13.1 Å². The Morgan fingerprint density at radius 2 is 1.89 bits per heavy atom. The summed E-state index contributed by atoms with van der Waals surface area (Å²) in [5.74, 6) is 0.228. The molecule has 0 saturated heterocycles. The number of para-hydroxylation sites is 1. The lowest BCUT2D eigenvalue weighted by Gasteiger charge is -2.25. The van der Waals surface area contributed by atoms with Gasteiger partial charge in [0.15, 0.2) is 0 Å². The van der Waals surface area contributed by atoms with Gasteiger partial charge < -0.3 is 5.11 Å². The number of hydrogen-bond donors (Lipinski definition) is 1. The van der Waals surface area contributed by atoms with Crippen LogP contribution in [-0.2, 0) is 6.54 Å². The second kappa shape index (κ2) is 7.77. The van der Waals surface area contributed by atoms with Crippen molar-refractivity contribution in [2.24, 2.45) is 0 Å². The molecule has 1 aliphatic heterocycles. The molecule has 136 valence electrons. The molecule has 0 amide bonds. The molecule has 0 fully saturated rings. The molecule has 3 nitrogen and oxygen atoms in total. The van der Waals surface area contributed by atoms with Gasteiger partial charge in [-0.25, -0.2) is 4.98 Å². The topological polar surface area (TPSA) is 36.4 Å². The summed E-state index contributed by atoms with van der Waals surface area (Å²) in [5, 5.41) is 10.9. The fraction of sp³-hybridized carbons (Fsp3) is 0.208. The van der Waals surface area contributed by atoms with Crippen LogP contribution in [-0.4, -0.2) is 28.1 Å². The number of aromatic hydroxyl groups is 1. The molecular weight excluding hydrogens is 332 g/mol. The third-order valence-electron chi connectivity index (χ3n) is 5.04. The van der Waals surface area contributed by atoms with Gasteiger partial charge in [-0.05, 0) is 42.7 Å². The summed E-state index contributed by atoms with van der Waals surface area (Å²) < 4.78 is 0. The lowest BCUT2D eigenvalue weighted by atomic mass is 10.1. The average Bonchev–Trinajstić information content (AvgIpc) is 2.70. The number of nitrogens with zero attached hydrogens (tertiary/aromatic N) is 2. The van der Waals surface area contributed by atoms with Crippen molar-refractivity contribution in [3.63, 3.8) is 0 Å². The molecule has 4 rings (SSSR count). The number of rotatable bonds is 4. The molecule has 0 bridgehead atoms. The number of benzene rings is 2. The van der Waals surface area contributed by atoms with E-state index in [1.165, 1.54) is 16.7 Å². The quantitative estimate of drug-likeness (QED) is 0.707. The molecule has 2 aromatic carbocycles. The Labute approximate surface area is 160 Å². The molecule has 0 spiro atoms. The van der Waals surface area contributed by atoms with E-state index in [9.17, 15) is 5.11 Å². The third-order valence-corrected chi connectivity index (χ3v) is 5.04.